The first kappa shape index (κ1) is 15.0. The fourth-order valence-electron chi connectivity index (χ4n) is 2.49. The molecule has 0 spiro atoms. The van der Waals surface area contributed by atoms with Crippen LogP contribution in [0.4, 0.5) is 0 Å². The average molecular weight is 295 g/mol. The highest BCUT2D eigenvalue weighted by atomic mass is 32.1. The molecule has 1 aliphatic heterocycles. The lowest BCUT2D eigenvalue weighted by atomic mass is 9.93. The molecule has 1 aromatic rings. The van der Waals surface area contributed by atoms with Gasteiger partial charge in [-0.15, -0.1) is 11.3 Å². The third-order valence-corrected chi connectivity index (χ3v) is 4.70. The second-order valence-electron chi connectivity index (χ2n) is 5.23. The summed E-state index contributed by atoms with van der Waals surface area (Å²) in [5.41, 5.74) is 1.75. The van der Waals surface area contributed by atoms with E-state index in [1.165, 1.54) is 11.3 Å². The Bertz CT molecular complexity index is 475. The lowest BCUT2D eigenvalue weighted by Gasteiger charge is -2.40. The molecule has 1 saturated heterocycles. The topological polar surface area (TPSA) is 62.3 Å². The van der Waals surface area contributed by atoms with E-state index < -0.39 is 6.04 Å². The minimum absolute atomic E-state index is 0.0270. The van der Waals surface area contributed by atoms with Crippen LogP contribution in [0.5, 0.6) is 0 Å². The van der Waals surface area contributed by atoms with Crippen LogP contribution in [-0.4, -0.2) is 33.8 Å². The lowest BCUT2D eigenvalue weighted by molar-refractivity contribution is -0.151. The molecule has 1 fully saturated rings. The van der Waals surface area contributed by atoms with Gasteiger partial charge in [-0.3, -0.25) is 14.6 Å². The average Bonchev–Trinajstić information content (AvgIpc) is 2.95. The highest BCUT2D eigenvalue weighted by Gasteiger charge is 2.41. The van der Waals surface area contributed by atoms with E-state index in [1.54, 1.807) is 16.6 Å². The molecule has 110 valence electrons. The number of hydrogen-bond acceptors (Lipinski definition) is 4. The van der Waals surface area contributed by atoms with Gasteiger partial charge < -0.3 is 10.2 Å². The van der Waals surface area contributed by atoms with Gasteiger partial charge in [0.15, 0.2) is 0 Å². The Morgan fingerprint density at radius 3 is 2.75 bits per heavy atom. The zero-order valence-electron chi connectivity index (χ0n) is 12.1. The van der Waals surface area contributed by atoms with Crippen LogP contribution in [-0.2, 0) is 16.1 Å². The molecule has 3 unspecified atom stereocenters. The summed E-state index contributed by atoms with van der Waals surface area (Å²) < 4.78 is 0. The van der Waals surface area contributed by atoms with Crippen molar-refractivity contribution in [2.45, 2.75) is 52.2 Å². The van der Waals surface area contributed by atoms with Crippen molar-refractivity contribution in [3.8, 4) is 0 Å². The van der Waals surface area contributed by atoms with E-state index in [4.69, 9.17) is 0 Å². The van der Waals surface area contributed by atoms with Crippen molar-refractivity contribution < 1.29 is 9.59 Å². The van der Waals surface area contributed by atoms with E-state index in [0.717, 1.165) is 11.3 Å². The molecule has 2 rings (SSSR count). The molecular formula is C14H21N3O2S. The summed E-state index contributed by atoms with van der Waals surface area (Å²) in [6.45, 7) is 6.44. The summed E-state index contributed by atoms with van der Waals surface area (Å²) in [5.74, 6) is 0.134. The van der Waals surface area contributed by atoms with Gasteiger partial charge in [0, 0.05) is 11.1 Å². The van der Waals surface area contributed by atoms with Crippen molar-refractivity contribution in [2.24, 2.45) is 5.92 Å². The minimum Gasteiger partial charge on any atom is -0.342 e. The number of nitrogens with zero attached hydrogens (tertiary/aromatic N) is 2. The summed E-state index contributed by atoms with van der Waals surface area (Å²) >= 11 is 1.51. The highest BCUT2D eigenvalue weighted by molar-refractivity contribution is 7.09. The zero-order valence-corrected chi connectivity index (χ0v) is 12.9. The van der Waals surface area contributed by atoms with E-state index in [9.17, 15) is 9.59 Å². The number of nitrogens with one attached hydrogen (secondary N) is 1. The van der Waals surface area contributed by atoms with Gasteiger partial charge in [-0.2, -0.15) is 0 Å². The van der Waals surface area contributed by atoms with Crippen molar-refractivity contribution in [1.82, 2.24) is 15.2 Å². The van der Waals surface area contributed by atoms with E-state index in [-0.39, 0.29) is 23.8 Å². The fourth-order valence-corrected chi connectivity index (χ4v) is 3.08. The van der Waals surface area contributed by atoms with E-state index in [2.05, 4.69) is 10.3 Å². The van der Waals surface area contributed by atoms with Crippen molar-refractivity contribution in [3.05, 3.63) is 16.6 Å². The number of rotatable bonds is 5. The van der Waals surface area contributed by atoms with Gasteiger partial charge in [-0.1, -0.05) is 27.2 Å². The van der Waals surface area contributed by atoms with Crippen molar-refractivity contribution >= 4 is 23.2 Å². The number of carbonyl (C=O) groups excluding carboxylic acids is 2. The molecule has 0 aromatic carbocycles. The quantitative estimate of drug-likeness (QED) is 0.901. The number of hydrogen-bond donors (Lipinski definition) is 1. The molecule has 20 heavy (non-hydrogen) atoms. The Kier molecular flexibility index (Phi) is 4.75. The zero-order chi connectivity index (χ0) is 14.7. The Balaban J connectivity index is 2.23. The lowest BCUT2D eigenvalue weighted by Crippen LogP contribution is -2.64. The van der Waals surface area contributed by atoms with Crippen LogP contribution in [0.25, 0.3) is 0 Å². The summed E-state index contributed by atoms with van der Waals surface area (Å²) in [7, 11) is 0. The predicted octanol–water partition coefficient (Wildman–Crippen LogP) is 1.79. The SMILES string of the molecule is CCC(C)C1NC(=O)C(CC)N(Cc2cncs2)C1=O. The van der Waals surface area contributed by atoms with Gasteiger partial charge in [-0.05, 0) is 12.3 Å². The molecule has 0 radical (unpaired) electrons. The minimum atomic E-state index is -0.400. The summed E-state index contributed by atoms with van der Waals surface area (Å²) in [6, 6.07) is -0.770. The molecule has 1 aromatic heterocycles. The third kappa shape index (κ3) is 2.85. The molecule has 6 heteroatoms. The second-order valence-corrected chi connectivity index (χ2v) is 6.20. The van der Waals surface area contributed by atoms with Crippen molar-refractivity contribution in [1.29, 1.82) is 0 Å². The Hall–Kier alpha value is -1.43. The third-order valence-electron chi connectivity index (χ3n) is 3.94. The first-order chi connectivity index (χ1) is 9.58. The maximum atomic E-state index is 12.7. The van der Waals surface area contributed by atoms with Gasteiger partial charge in [0.05, 0.1) is 12.1 Å². The smallest absolute Gasteiger partial charge is 0.246 e. The molecule has 0 bridgehead atoms. The van der Waals surface area contributed by atoms with Crippen LogP contribution in [0.1, 0.15) is 38.5 Å². The monoisotopic (exact) mass is 295 g/mol. The number of thiazole rings is 1. The molecule has 2 amide bonds. The van der Waals surface area contributed by atoms with Gasteiger partial charge in [0.1, 0.15) is 12.1 Å². The van der Waals surface area contributed by atoms with E-state index in [0.29, 0.717) is 13.0 Å². The summed E-state index contributed by atoms with van der Waals surface area (Å²) in [6.07, 6.45) is 3.25. The van der Waals surface area contributed by atoms with Gasteiger partial charge in [0.2, 0.25) is 11.8 Å². The van der Waals surface area contributed by atoms with Crippen LogP contribution in [0, 0.1) is 5.92 Å². The standard InChI is InChI=1S/C14H21N3O2S/c1-4-9(3)12-14(19)17(7-10-6-15-8-20-10)11(5-2)13(18)16-12/h6,8-9,11-12H,4-5,7H2,1-3H3,(H,16,18). The Morgan fingerprint density at radius 1 is 1.45 bits per heavy atom. The molecule has 0 saturated carbocycles. The molecule has 1 N–H and O–H groups in total. The maximum absolute atomic E-state index is 12.7. The normalized spacial score (nSPS) is 24.6. The Morgan fingerprint density at radius 2 is 2.20 bits per heavy atom. The maximum Gasteiger partial charge on any atom is 0.246 e. The van der Waals surface area contributed by atoms with Gasteiger partial charge >= 0.3 is 0 Å². The van der Waals surface area contributed by atoms with Crippen LogP contribution < -0.4 is 5.32 Å². The number of piperazine rings is 1. The predicted molar refractivity (Wildman–Crippen MR) is 78.1 cm³/mol. The first-order valence-electron chi connectivity index (χ1n) is 7.06. The molecule has 5 nitrogen and oxygen atoms in total. The van der Waals surface area contributed by atoms with Gasteiger partial charge in [-0.25, -0.2) is 0 Å². The second kappa shape index (κ2) is 6.35. The summed E-state index contributed by atoms with van der Waals surface area (Å²) in [5, 5.41) is 2.89. The summed E-state index contributed by atoms with van der Waals surface area (Å²) in [4.78, 5) is 31.6. The molecule has 2 heterocycles. The molecular weight excluding hydrogens is 274 g/mol. The van der Waals surface area contributed by atoms with Crippen molar-refractivity contribution in [2.75, 3.05) is 0 Å². The van der Waals surface area contributed by atoms with Gasteiger partial charge in [0.25, 0.3) is 0 Å². The highest BCUT2D eigenvalue weighted by Crippen LogP contribution is 2.22. The first-order valence-corrected chi connectivity index (χ1v) is 7.94. The fraction of sp³-hybridized carbons (Fsp3) is 0.643. The molecule has 3 atom stereocenters. The van der Waals surface area contributed by atoms with Crippen LogP contribution in [0.15, 0.2) is 11.7 Å². The number of aromatic nitrogens is 1. The van der Waals surface area contributed by atoms with E-state index in [1.807, 2.05) is 20.8 Å². The largest absolute Gasteiger partial charge is 0.342 e. The Labute approximate surface area is 123 Å². The van der Waals surface area contributed by atoms with E-state index >= 15 is 0 Å². The number of amides is 2. The molecule has 0 aliphatic carbocycles. The molecule has 1 aliphatic rings. The van der Waals surface area contributed by atoms with Crippen LogP contribution >= 0.6 is 11.3 Å². The van der Waals surface area contributed by atoms with Crippen LogP contribution in [0.2, 0.25) is 0 Å². The van der Waals surface area contributed by atoms with Crippen LogP contribution in [0.3, 0.4) is 0 Å². The van der Waals surface area contributed by atoms with Crippen molar-refractivity contribution in [3.63, 3.8) is 0 Å². The number of carbonyl (C=O) groups is 2.